The Hall–Kier alpha value is -0.950. The lowest BCUT2D eigenvalue weighted by atomic mass is 10.0. The molecule has 0 heterocycles. The first-order valence-corrected chi connectivity index (χ1v) is 24.1. The molecule has 0 bridgehead atoms. The molecule has 0 saturated heterocycles. The topological polar surface area (TPSA) is 119 Å². The Morgan fingerprint density at radius 3 is 1.02 bits per heavy atom. The van der Waals surface area contributed by atoms with E-state index in [1.807, 2.05) is 0 Å². The highest BCUT2D eigenvalue weighted by molar-refractivity contribution is 7.46. The molecule has 0 aliphatic carbocycles. The van der Waals surface area contributed by atoms with Gasteiger partial charge in [-0.1, -0.05) is 214 Å². The minimum atomic E-state index is -4.75. The summed E-state index contributed by atoms with van der Waals surface area (Å²) in [6.45, 7) is 8.42. The molecule has 0 aromatic rings. The highest BCUT2D eigenvalue weighted by atomic mass is 31.2. The fourth-order valence-corrected chi connectivity index (χ4v) is 7.22. The van der Waals surface area contributed by atoms with Gasteiger partial charge in [0.15, 0.2) is 6.10 Å². The van der Waals surface area contributed by atoms with E-state index in [-0.39, 0.29) is 19.4 Å². The van der Waals surface area contributed by atoms with Gasteiger partial charge in [-0.05, 0) is 24.7 Å². The third-order valence-electron chi connectivity index (χ3n) is 10.2. The van der Waals surface area contributed by atoms with E-state index in [1.165, 1.54) is 161 Å². The van der Waals surface area contributed by atoms with Crippen LogP contribution < -0.4 is 0 Å². The van der Waals surface area contributed by atoms with Gasteiger partial charge in [0.1, 0.15) is 6.61 Å². The van der Waals surface area contributed by atoms with Crippen molar-refractivity contribution in [1.82, 2.24) is 0 Å². The summed E-state index contributed by atoms with van der Waals surface area (Å²) in [7, 11) is -4.75. The van der Waals surface area contributed by atoms with E-state index >= 15 is 0 Å². The number of hydrogen-bond donors (Lipinski definition) is 2. The molecule has 316 valence electrons. The van der Waals surface area contributed by atoms with E-state index in [2.05, 4.69) is 32.2 Å². The lowest BCUT2D eigenvalue weighted by Crippen LogP contribution is -2.29. The Bertz CT molecular complexity index is 858. The van der Waals surface area contributed by atoms with Crippen molar-refractivity contribution in [2.24, 2.45) is 11.8 Å². The molecule has 1 atom stereocenters. The number of phosphoric acid groups is 1. The zero-order chi connectivity index (χ0) is 39.3. The highest BCUT2D eigenvalue weighted by Crippen LogP contribution is 2.36. The second-order valence-corrected chi connectivity index (χ2v) is 17.9. The molecule has 0 spiro atoms. The van der Waals surface area contributed by atoms with Crippen LogP contribution in [0.4, 0.5) is 0 Å². The smallest absolute Gasteiger partial charge is 0.462 e. The van der Waals surface area contributed by atoms with E-state index in [9.17, 15) is 14.2 Å². The highest BCUT2D eigenvalue weighted by Gasteiger charge is 2.23. The van der Waals surface area contributed by atoms with E-state index in [1.54, 1.807) is 0 Å². The SMILES string of the molecule is CC(C)CCCCCCCCCCCCCCCCCC(=O)OC[C@H](COP(=O)(O)O)OC(=O)CCCCCCCCCCCCCCCCC(C)C. The zero-order valence-electron chi connectivity index (χ0n) is 35.3. The number of unbranched alkanes of at least 4 members (excludes halogenated alkanes) is 27. The van der Waals surface area contributed by atoms with Crippen molar-refractivity contribution in [3.8, 4) is 0 Å². The second-order valence-electron chi connectivity index (χ2n) is 16.7. The quantitative estimate of drug-likeness (QED) is 0.0358. The lowest BCUT2D eigenvalue weighted by molar-refractivity contribution is -0.161. The van der Waals surface area contributed by atoms with Gasteiger partial charge < -0.3 is 19.3 Å². The summed E-state index contributed by atoms with van der Waals surface area (Å²) in [6, 6.07) is 0. The summed E-state index contributed by atoms with van der Waals surface area (Å²) in [5, 5.41) is 0. The van der Waals surface area contributed by atoms with Gasteiger partial charge >= 0.3 is 19.8 Å². The Morgan fingerprint density at radius 1 is 0.434 bits per heavy atom. The molecule has 2 N–H and O–H groups in total. The largest absolute Gasteiger partial charge is 0.469 e. The number of ether oxygens (including phenoxy) is 2. The molecule has 9 heteroatoms. The number of hydrogen-bond acceptors (Lipinski definition) is 6. The Labute approximate surface area is 327 Å². The number of carbonyl (C=O) groups is 2. The van der Waals surface area contributed by atoms with Gasteiger partial charge in [0, 0.05) is 12.8 Å². The van der Waals surface area contributed by atoms with Crippen LogP contribution >= 0.6 is 7.82 Å². The van der Waals surface area contributed by atoms with Gasteiger partial charge in [-0.3, -0.25) is 14.1 Å². The molecule has 0 radical (unpaired) electrons. The lowest BCUT2D eigenvalue weighted by Gasteiger charge is -2.18. The van der Waals surface area contributed by atoms with Crippen LogP contribution in [-0.2, 0) is 28.2 Å². The van der Waals surface area contributed by atoms with Crippen LogP contribution in [0.15, 0.2) is 0 Å². The first kappa shape index (κ1) is 52.0. The molecule has 8 nitrogen and oxygen atoms in total. The van der Waals surface area contributed by atoms with Crippen LogP contribution in [0.1, 0.15) is 240 Å². The molecular weight excluding hydrogens is 687 g/mol. The third-order valence-corrected chi connectivity index (χ3v) is 10.7. The van der Waals surface area contributed by atoms with E-state index in [0.29, 0.717) is 6.42 Å². The maximum atomic E-state index is 12.4. The molecular formula is C44H87O8P. The van der Waals surface area contributed by atoms with Crippen LogP contribution in [0.3, 0.4) is 0 Å². The van der Waals surface area contributed by atoms with E-state index in [4.69, 9.17) is 19.3 Å². The van der Waals surface area contributed by atoms with Crippen molar-refractivity contribution >= 4 is 19.8 Å². The number of esters is 2. The first-order chi connectivity index (χ1) is 25.5. The molecule has 0 unspecified atom stereocenters. The van der Waals surface area contributed by atoms with Crippen LogP contribution in [-0.4, -0.2) is 41.0 Å². The van der Waals surface area contributed by atoms with Crippen molar-refractivity contribution in [2.75, 3.05) is 13.2 Å². The standard InChI is InChI=1S/C44H87O8P/c1-40(2)34-30-26-22-18-14-10-6-5-7-12-16-20-24-28-32-36-43(45)50-38-42(39-51-53(47,48)49)52-44(46)37-33-29-25-21-17-13-9-8-11-15-19-23-27-31-35-41(3)4/h40-42H,5-39H2,1-4H3,(H2,47,48,49)/t42-/m1/s1. The van der Waals surface area contributed by atoms with Gasteiger partial charge in [0.25, 0.3) is 0 Å². The minimum absolute atomic E-state index is 0.219. The van der Waals surface area contributed by atoms with Crippen molar-refractivity contribution in [3.63, 3.8) is 0 Å². The van der Waals surface area contributed by atoms with Gasteiger partial charge in [0.2, 0.25) is 0 Å². The Kier molecular flexibility index (Phi) is 37.3. The molecule has 0 amide bonds. The molecule has 0 aromatic heterocycles. The van der Waals surface area contributed by atoms with Crippen LogP contribution in [0.5, 0.6) is 0 Å². The Balaban J connectivity index is 3.83. The maximum Gasteiger partial charge on any atom is 0.469 e. The molecule has 0 aromatic carbocycles. The minimum Gasteiger partial charge on any atom is -0.462 e. The van der Waals surface area contributed by atoms with Gasteiger partial charge in [-0.25, -0.2) is 4.57 Å². The summed E-state index contributed by atoms with van der Waals surface area (Å²) in [6.07, 6.45) is 38.3. The molecule has 0 aliphatic heterocycles. The summed E-state index contributed by atoms with van der Waals surface area (Å²) in [5.41, 5.74) is 0. The Morgan fingerprint density at radius 2 is 0.717 bits per heavy atom. The zero-order valence-corrected chi connectivity index (χ0v) is 36.2. The monoisotopic (exact) mass is 775 g/mol. The maximum absolute atomic E-state index is 12.4. The van der Waals surface area contributed by atoms with Crippen molar-refractivity contribution in [1.29, 1.82) is 0 Å². The first-order valence-electron chi connectivity index (χ1n) is 22.5. The van der Waals surface area contributed by atoms with Crippen LogP contribution in [0.25, 0.3) is 0 Å². The van der Waals surface area contributed by atoms with Crippen molar-refractivity contribution in [2.45, 2.75) is 246 Å². The number of rotatable bonds is 41. The van der Waals surface area contributed by atoms with Crippen LogP contribution in [0, 0.1) is 11.8 Å². The van der Waals surface area contributed by atoms with Crippen molar-refractivity contribution in [3.05, 3.63) is 0 Å². The molecule has 53 heavy (non-hydrogen) atoms. The molecule has 0 rings (SSSR count). The fourth-order valence-electron chi connectivity index (χ4n) is 6.86. The summed E-state index contributed by atoms with van der Waals surface area (Å²) < 4.78 is 26.5. The van der Waals surface area contributed by atoms with Gasteiger partial charge in [-0.2, -0.15) is 0 Å². The van der Waals surface area contributed by atoms with Gasteiger partial charge in [-0.15, -0.1) is 0 Å². The molecule has 0 saturated carbocycles. The predicted molar refractivity (Wildman–Crippen MR) is 221 cm³/mol. The fraction of sp³-hybridized carbons (Fsp3) is 0.955. The molecule has 0 fully saturated rings. The average molecular weight is 775 g/mol. The summed E-state index contributed by atoms with van der Waals surface area (Å²) >= 11 is 0. The third kappa shape index (κ3) is 43.6. The number of phosphoric ester groups is 1. The van der Waals surface area contributed by atoms with E-state index in [0.717, 1.165) is 43.9 Å². The van der Waals surface area contributed by atoms with Crippen molar-refractivity contribution < 1.29 is 37.9 Å². The average Bonchev–Trinajstić information content (AvgIpc) is 3.09. The second kappa shape index (κ2) is 37.9. The van der Waals surface area contributed by atoms with Crippen LogP contribution in [0.2, 0.25) is 0 Å². The molecule has 0 aliphatic rings. The van der Waals surface area contributed by atoms with E-state index < -0.39 is 32.5 Å². The normalized spacial score (nSPS) is 12.5. The van der Waals surface area contributed by atoms with Gasteiger partial charge in [0.05, 0.1) is 6.61 Å². The summed E-state index contributed by atoms with van der Waals surface area (Å²) in [5.74, 6) is 0.801. The summed E-state index contributed by atoms with van der Waals surface area (Å²) in [4.78, 5) is 42.9. The predicted octanol–water partition coefficient (Wildman–Crippen LogP) is 13.7. The number of carbonyl (C=O) groups excluding carboxylic acids is 2.